The van der Waals surface area contributed by atoms with Crippen molar-refractivity contribution in [1.29, 1.82) is 0 Å². The second-order valence-electron chi connectivity index (χ2n) is 7.92. The first-order valence-corrected chi connectivity index (χ1v) is 13.5. The summed E-state index contributed by atoms with van der Waals surface area (Å²) in [6.07, 6.45) is 1.93. The Bertz CT molecular complexity index is 1160. The zero-order valence-electron chi connectivity index (χ0n) is 18.2. The van der Waals surface area contributed by atoms with E-state index in [4.69, 9.17) is 4.74 Å². The molecule has 2 aromatic rings. The zero-order chi connectivity index (χ0) is 24.1. The van der Waals surface area contributed by atoms with Crippen LogP contribution < -0.4 is 0 Å². The van der Waals surface area contributed by atoms with Gasteiger partial charge in [0.15, 0.2) is 23.8 Å². The minimum absolute atomic E-state index is 0.130. The maximum atomic E-state index is 13.9. The van der Waals surface area contributed by atoms with Crippen molar-refractivity contribution in [2.24, 2.45) is 5.92 Å². The van der Waals surface area contributed by atoms with Gasteiger partial charge in [0.05, 0.1) is 22.8 Å². The minimum atomic E-state index is -4.44. The average Bonchev–Trinajstić information content (AvgIpc) is 2.83. The molecule has 0 saturated heterocycles. The smallest absolute Gasteiger partial charge is 0.309 e. The van der Waals surface area contributed by atoms with Crippen molar-refractivity contribution in [1.82, 2.24) is 0 Å². The molecule has 1 atom stereocenters. The molecule has 1 unspecified atom stereocenters. The molecule has 0 spiro atoms. The number of benzene rings is 2. The van der Waals surface area contributed by atoms with E-state index in [9.17, 15) is 26.4 Å². The zero-order valence-corrected chi connectivity index (χ0v) is 19.8. The Kier molecular flexibility index (Phi) is 7.54. The number of ether oxygens (including phenoxy) is 1. The summed E-state index contributed by atoms with van der Waals surface area (Å²) in [6.45, 7) is 0. The summed E-state index contributed by atoms with van der Waals surface area (Å²) in [5.74, 6) is -1.62. The van der Waals surface area contributed by atoms with Gasteiger partial charge in [0, 0.05) is 12.8 Å². The van der Waals surface area contributed by atoms with E-state index in [1.165, 1.54) is 61.7 Å². The Labute approximate surface area is 194 Å². The molecular formula is C24H26O7S2. The predicted octanol–water partition coefficient (Wildman–Crippen LogP) is 3.51. The van der Waals surface area contributed by atoms with E-state index in [1.807, 2.05) is 0 Å². The van der Waals surface area contributed by atoms with Crippen molar-refractivity contribution in [3.8, 4) is 0 Å². The van der Waals surface area contributed by atoms with Gasteiger partial charge >= 0.3 is 5.97 Å². The van der Waals surface area contributed by atoms with E-state index in [0.717, 1.165) is 0 Å². The van der Waals surface area contributed by atoms with Gasteiger partial charge in [-0.15, -0.1) is 0 Å². The topological polar surface area (TPSA) is 112 Å². The summed E-state index contributed by atoms with van der Waals surface area (Å²) < 4.78 is 58.1. The lowest BCUT2D eigenvalue weighted by Gasteiger charge is -2.33. The van der Waals surface area contributed by atoms with E-state index in [1.54, 1.807) is 18.2 Å². The van der Waals surface area contributed by atoms with Crippen LogP contribution in [0.3, 0.4) is 0 Å². The second-order valence-corrected chi connectivity index (χ2v) is 12.7. The highest BCUT2D eigenvalue weighted by molar-refractivity contribution is 8.10. The first kappa shape index (κ1) is 24.9. The van der Waals surface area contributed by atoms with Crippen LogP contribution in [0.1, 0.15) is 32.1 Å². The number of carbonyl (C=O) groups is 2. The molecule has 0 saturated carbocycles. The number of esters is 1. The normalized spacial score (nSPS) is 20.5. The molecule has 1 aliphatic rings. The molecule has 7 nitrogen and oxygen atoms in total. The summed E-state index contributed by atoms with van der Waals surface area (Å²) in [6, 6.07) is 14.8. The first-order chi connectivity index (χ1) is 15.7. The Morgan fingerprint density at radius 2 is 1.39 bits per heavy atom. The lowest BCUT2D eigenvalue weighted by Crippen LogP contribution is -2.46. The van der Waals surface area contributed by atoms with Crippen molar-refractivity contribution in [3.63, 3.8) is 0 Å². The van der Waals surface area contributed by atoms with Crippen LogP contribution in [-0.4, -0.2) is 39.8 Å². The molecule has 1 aliphatic carbocycles. The van der Waals surface area contributed by atoms with Gasteiger partial charge in [-0.05, 0) is 43.5 Å². The lowest BCUT2D eigenvalue weighted by molar-refractivity contribution is -0.147. The molecule has 0 aromatic heterocycles. The number of rotatable bonds is 5. The van der Waals surface area contributed by atoms with E-state index in [0.29, 0.717) is 0 Å². The quantitative estimate of drug-likeness (QED) is 0.466. The Hall–Kier alpha value is -2.78. The summed E-state index contributed by atoms with van der Waals surface area (Å²) >= 11 is 0. The highest BCUT2D eigenvalue weighted by atomic mass is 32.3. The highest BCUT2D eigenvalue weighted by Gasteiger charge is 2.55. The maximum absolute atomic E-state index is 13.9. The van der Waals surface area contributed by atoms with Crippen LogP contribution in [0.2, 0.25) is 0 Å². The third-order valence-electron chi connectivity index (χ3n) is 5.90. The number of sulfone groups is 2. The summed E-state index contributed by atoms with van der Waals surface area (Å²) in [7, 11) is -7.64. The van der Waals surface area contributed by atoms with Gasteiger partial charge in [-0.3, -0.25) is 9.59 Å². The van der Waals surface area contributed by atoms with Crippen molar-refractivity contribution in [3.05, 3.63) is 72.8 Å². The molecule has 3 rings (SSSR count). The first-order valence-electron chi connectivity index (χ1n) is 10.5. The monoisotopic (exact) mass is 490 g/mol. The largest absolute Gasteiger partial charge is 0.469 e. The molecule has 0 amide bonds. The molecule has 33 heavy (non-hydrogen) atoms. The third-order valence-corrected chi connectivity index (χ3v) is 11.7. The summed E-state index contributed by atoms with van der Waals surface area (Å²) in [5, 5.41) is 0. The SMILES string of the molecule is COC(=O)C1C/C=C/CC(S(=O)(=O)c2ccccc2)(S(=O)(=O)c2ccccc2)CCC(=O)C1. The number of methoxy groups -OCH3 is 1. The van der Waals surface area contributed by atoms with Gasteiger partial charge in [-0.25, -0.2) is 16.8 Å². The van der Waals surface area contributed by atoms with Crippen LogP contribution in [-0.2, 0) is 34.0 Å². The molecule has 0 heterocycles. The van der Waals surface area contributed by atoms with Crippen LogP contribution in [0.4, 0.5) is 0 Å². The fourth-order valence-electron chi connectivity index (χ4n) is 4.02. The highest BCUT2D eigenvalue weighted by Crippen LogP contribution is 2.43. The van der Waals surface area contributed by atoms with Crippen LogP contribution >= 0.6 is 0 Å². The van der Waals surface area contributed by atoms with E-state index in [2.05, 4.69) is 0 Å². The molecule has 9 heteroatoms. The maximum Gasteiger partial charge on any atom is 0.309 e. The molecule has 0 bridgehead atoms. The number of ketones is 1. The van der Waals surface area contributed by atoms with E-state index >= 15 is 0 Å². The van der Waals surface area contributed by atoms with Crippen LogP contribution in [0.25, 0.3) is 0 Å². The van der Waals surface area contributed by atoms with Gasteiger partial charge in [-0.1, -0.05) is 48.6 Å². The second kappa shape index (κ2) is 10.0. The van der Waals surface area contributed by atoms with Gasteiger partial charge in [0.2, 0.25) is 0 Å². The number of allylic oxidation sites excluding steroid dienone is 2. The number of Topliss-reactive ketones (excluding diaryl/α,β-unsaturated/α-hetero) is 1. The standard InChI is InChI=1S/C24H26O7S2/c1-31-23(26)19-10-8-9-16-24(17-15-20(25)18-19,32(27,28)21-11-4-2-5-12-21)33(29,30)22-13-6-3-7-14-22/h2-9,11-14,19H,10,15-18H2,1H3/b9-8+. The Morgan fingerprint density at radius 1 is 0.879 bits per heavy atom. The lowest BCUT2D eigenvalue weighted by atomic mass is 9.94. The molecular weight excluding hydrogens is 464 g/mol. The number of carbonyl (C=O) groups excluding carboxylic acids is 2. The Balaban J connectivity index is 2.20. The molecule has 2 aromatic carbocycles. The fourth-order valence-corrected chi connectivity index (χ4v) is 9.02. The molecule has 0 N–H and O–H groups in total. The third kappa shape index (κ3) is 4.79. The molecule has 176 valence electrons. The van der Waals surface area contributed by atoms with Crippen molar-refractivity contribution < 1.29 is 31.2 Å². The van der Waals surface area contributed by atoms with Crippen LogP contribution in [0, 0.1) is 5.92 Å². The van der Waals surface area contributed by atoms with Gasteiger partial charge < -0.3 is 4.74 Å². The molecule has 0 aliphatic heterocycles. The van der Waals surface area contributed by atoms with Crippen LogP contribution in [0.5, 0.6) is 0 Å². The Morgan fingerprint density at radius 3 is 1.88 bits per heavy atom. The van der Waals surface area contributed by atoms with Crippen molar-refractivity contribution in [2.45, 2.75) is 46.0 Å². The molecule has 0 radical (unpaired) electrons. The summed E-state index contributed by atoms with van der Waals surface area (Å²) in [4.78, 5) is 24.5. The van der Waals surface area contributed by atoms with Gasteiger partial charge in [0.1, 0.15) is 5.78 Å². The van der Waals surface area contributed by atoms with Gasteiger partial charge in [-0.2, -0.15) is 0 Å². The van der Waals surface area contributed by atoms with Gasteiger partial charge in [0.25, 0.3) is 0 Å². The summed E-state index contributed by atoms with van der Waals surface area (Å²) in [5.41, 5.74) is 0. The number of hydrogen-bond donors (Lipinski definition) is 0. The van der Waals surface area contributed by atoms with E-state index < -0.39 is 47.8 Å². The van der Waals surface area contributed by atoms with Crippen molar-refractivity contribution >= 4 is 31.4 Å². The van der Waals surface area contributed by atoms with Crippen LogP contribution in [0.15, 0.2) is 82.6 Å². The predicted molar refractivity (Wildman–Crippen MR) is 123 cm³/mol. The number of hydrogen-bond acceptors (Lipinski definition) is 7. The average molecular weight is 491 g/mol. The fraction of sp³-hybridized carbons (Fsp3) is 0.333. The van der Waals surface area contributed by atoms with Crippen molar-refractivity contribution in [2.75, 3.05) is 7.11 Å². The minimum Gasteiger partial charge on any atom is -0.469 e. The van der Waals surface area contributed by atoms with E-state index in [-0.39, 0.29) is 35.5 Å². The molecule has 0 fully saturated rings.